The molecule has 0 radical (unpaired) electrons. The molecule has 0 aliphatic carbocycles. The van der Waals surface area contributed by atoms with Crippen LogP contribution in [-0.2, 0) is 17.8 Å². The molecular weight excluding hydrogens is 294 g/mol. The van der Waals surface area contributed by atoms with Crippen LogP contribution in [0.25, 0.3) is 0 Å². The number of hydrogen-bond acceptors (Lipinski definition) is 3. The smallest absolute Gasteiger partial charge is 0.308 e. The van der Waals surface area contributed by atoms with E-state index in [9.17, 15) is 14.7 Å². The highest BCUT2D eigenvalue weighted by atomic mass is 16.4. The Morgan fingerprint density at radius 2 is 2.09 bits per heavy atom. The van der Waals surface area contributed by atoms with Crippen molar-refractivity contribution in [1.82, 2.24) is 15.1 Å². The van der Waals surface area contributed by atoms with Crippen LogP contribution in [0.3, 0.4) is 0 Å². The lowest BCUT2D eigenvalue weighted by molar-refractivity contribution is -0.141. The van der Waals surface area contributed by atoms with Crippen molar-refractivity contribution in [2.75, 3.05) is 6.54 Å². The summed E-state index contributed by atoms with van der Waals surface area (Å²) in [5.74, 6) is -1.89. The first-order valence-electron chi connectivity index (χ1n) is 7.59. The van der Waals surface area contributed by atoms with Crippen LogP contribution in [0.15, 0.2) is 36.7 Å². The Morgan fingerprint density at radius 1 is 1.35 bits per heavy atom. The summed E-state index contributed by atoms with van der Waals surface area (Å²) in [5, 5.41) is 16.1. The second kappa shape index (κ2) is 7.58. The van der Waals surface area contributed by atoms with E-state index in [1.54, 1.807) is 10.9 Å². The Morgan fingerprint density at radius 3 is 2.70 bits per heavy atom. The predicted octanol–water partition coefficient (Wildman–Crippen LogP) is 1.88. The van der Waals surface area contributed by atoms with E-state index in [2.05, 4.69) is 10.4 Å². The Kier molecular flexibility index (Phi) is 5.51. The van der Waals surface area contributed by atoms with E-state index < -0.39 is 11.9 Å². The summed E-state index contributed by atoms with van der Waals surface area (Å²) in [6.07, 6.45) is 3.51. The van der Waals surface area contributed by atoms with Crippen LogP contribution in [0.4, 0.5) is 0 Å². The third-order valence-electron chi connectivity index (χ3n) is 3.81. The number of carboxylic acid groups (broad SMARTS) is 1. The molecule has 0 bridgehead atoms. The first-order valence-corrected chi connectivity index (χ1v) is 7.59. The maximum atomic E-state index is 12.1. The zero-order valence-corrected chi connectivity index (χ0v) is 13.3. The van der Waals surface area contributed by atoms with E-state index in [1.165, 1.54) is 6.20 Å². The van der Waals surface area contributed by atoms with Gasteiger partial charge in [0, 0.05) is 19.3 Å². The fourth-order valence-electron chi connectivity index (χ4n) is 2.32. The Labute approximate surface area is 135 Å². The van der Waals surface area contributed by atoms with Crippen molar-refractivity contribution in [1.29, 1.82) is 0 Å². The molecule has 0 spiro atoms. The monoisotopic (exact) mass is 315 g/mol. The van der Waals surface area contributed by atoms with Gasteiger partial charge in [-0.15, -0.1) is 0 Å². The summed E-state index contributed by atoms with van der Waals surface area (Å²) in [4.78, 5) is 23.5. The van der Waals surface area contributed by atoms with Crippen LogP contribution in [-0.4, -0.2) is 33.3 Å². The second-order valence-corrected chi connectivity index (χ2v) is 5.46. The van der Waals surface area contributed by atoms with Crippen molar-refractivity contribution in [3.63, 3.8) is 0 Å². The minimum Gasteiger partial charge on any atom is -0.481 e. The van der Waals surface area contributed by atoms with Gasteiger partial charge in [-0.25, -0.2) is 0 Å². The van der Waals surface area contributed by atoms with E-state index in [1.807, 2.05) is 38.1 Å². The molecule has 0 saturated heterocycles. The second-order valence-electron chi connectivity index (χ2n) is 5.46. The van der Waals surface area contributed by atoms with Gasteiger partial charge in [-0.05, 0) is 31.4 Å². The average molecular weight is 315 g/mol. The molecule has 1 aromatic carbocycles. The van der Waals surface area contributed by atoms with Gasteiger partial charge >= 0.3 is 5.97 Å². The number of hydrogen-bond donors (Lipinski definition) is 2. The molecule has 1 heterocycles. The van der Waals surface area contributed by atoms with Crippen molar-refractivity contribution in [2.45, 2.75) is 26.8 Å². The number of amides is 1. The van der Waals surface area contributed by atoms with Crippen molar-refractivity contribution >= 4 is 11.9 Å². The third kappa shape index (κ3) is 4.42. The van der Waals surface area contributed by atoms with Crippen molar-refractivity contribution in [3.05, 3.63) is 53.3 Å². The number of nitrogens with zero attached hydrogens (tertiary/aromatic N) is 2. The number of aliphatic carboxylic acids is 1. The van der Waals surface area contributed by atoms with Gasteiger partial charge in [0.2, 0.25) is 0 Å². The lowest BCUT2D eigenvalue weighted by Crippen LogP contribution is -2.34. The van der Waals surface area contributed by atoms with Crippen LogP contribution in [0, 0.1) is 12.8 Å². The fourth-order valence-corrected chi connectivity index (χ4v) is 2.32. The number of carbonyl (C=O) groups excluding carboxylic acids is 1. The topological polar surface area (TPSA) is 84.2 Å². The molecular formula is C17H21N3O3. The molecule has 6 heteroatoms. The van der Waals surface area contributed by atoms with Crippen molar-refractivity contribution in [2.24, 2.45) is 5.92 Å². The Hall–Kier alpha value is -2.63. The van der Waals surface area contributed by atoms with E-state index in [0.29, 0.717) is 18.5 Å². The number of nitrogens with one attached hydrogen (secondary N) is 1. The largest absolute Gasteiger partial charge is 0.481 e. The van der Waals surface area contributed by atoms with Crippen LogP contribution in [0.2, 0.25) is 0 Å². The number of rotatable bonds is 7. The highest BCUT2D eigenvalue weighted by molar-refractivity contribution is 5.93. The molecule has 6 nitrogen and oxygen atoms in total. The van der Waals surface area contributed by atoms with Gasteiger partial charge in [0.05, 0.1) is 17.7 Å². The minimum absolute atomic E-state index is 0.0831. The molecule has 0 fully saturated rings. The predicted molar refractivity (Wildman–Crippen MR) is 86.2 cm³/mol. The van der Waals surface area contributed by atoms with Crippen molar-refractivity contribution < 1.29 is 14.7 Å². The van der Waals surface area contributed by atoms with Gasteiger partial charge in [0.25, 0.3) is 5.91 Å². The van der Waals surface area contributed by atoms with Crippen molar-refractivity contribution in [3.8, 4) is 0 Å². The molecule has 122 valence electrons. The number of aryl methyl sites for hydroxylation is 2. The molecule has 1 unspecified atom stereocenters. The van der Waals surface area contributed by atoms with E-state index in [-0.39, 0.29) is 12.5 Å². The molecule has 0 aliphatic rings. The lowest BCUT2D eigenvalue weighted by atomic mass is 9.96. The van der Waals surface area contributed by atoms with Gasteiger partial charge in [-0.3, -0.25) is 14.3 Å². The van der Waals surface area contributed by atoms with Gasteiger partial charge in [-0.1, -0.05) is 24.3 Å². The highest BCUT2D eigenvalue weighted by Gasteiger charge is 2.20. The molecule has 0 saturated carbocycles. The summed E-state index contributed by atoms with van der Waals surface area (Å²) in [6, 6.07) is 7.67. The average Bonchev–Trinajstić information content (AvgIpc) is 3.01. The highest BCUT2D eigenvalue weighted by Crippen LogP contribution is 2.13. The molecule has 2 rings (SSSR count). The van der Waals surface area contributed by atoms with Gasteiger partial charge in [0.15, 0.2) is 0 Å². The van der Waals surface area contributed by atoms with Crippen LogP contribution < -0.4 is 5.32 Å². The Bertz CT molecular complexity index is 694. The number of carbonyl (C=O) groups is 2. The summed E-state index contributed by atoms with van der Waals surface area (Å²) in [5.41, 5.74) is 2.47. The molecule has 23 heavy (non-hydrogen) atoms. The molecule has 1 aromatic heterocycles. The molecule has 1 amide bonds. The summed E-state index contributed by atoms with van der Waals surface area (Å²) in [6.45, 7) is 4.64. The van der Waals surface area contributed by atoms with E-state index in [0.717, 1.165) is 11.1 Å². The first-order chi connectivity index (χ1) is 11.0. The maximum absolute atomic E-state index is 12.1. The summed E-state index contributed by atoms with van der Waals surface area (Å²) >= 11 is 0. The van der Waals surface area contributed by atoms with Crippen LogP contribution in [0.1, 0.15) is 28.4 Å². The standard InChI is InChI=1S/C17H21N3O3/c1-3-20-11-15(10-19-20)16(21)18-9-14(17(22)23)8-13-7-5-4-6-12(13)2/h4-7,10-11,14H,3,8-9H2,1-2H3,(H,18,21)(H,22,23). The summed E-state index contributed by atoms with van der Waals surface area (Å²) < 4.78 is 1.65. The lowest BCUT2D eigenvalue weighted by Gasteiger charge is -2.14. The normalized spacial score (nSPS) is 11.9. The van der Waals surface area contributed by atoms with Gasteiger partial charge in [-0.2, -0.15) is 5.10 Å². The maximum Gasteiger partial charge on any atom is 0.308 e. The van der Waals surface area contributed by atoms with E-state index >= 15 is 0 Å². The minimum atomic E-state index is -0.919. The van der Waals surface area contributed by atoms with Gasteiger partial charge in [0.1, 0.15) is 0 Å². The zero-order chi connectivity index (χ0) is 16.8. The molecule has 1 atom stereocenters. The molecule has 0 aliphatic heterocycles. The van der Waals surface area contributed by atoms with Gasteiger partial charge < -0.3 is 10.4 Å². The third-order valence-corrected chi connectivity index (χ3v) is 3.81. The number of aromatic nitrogens is 2. The van der Waals surface area contributed by atoms with Crippen LogP contribution >= 0.6 is 0 Å². The fraction of sp³-hybridized carbons (Fsp3) is 0.353. The number of carboxylic acids is 1. The SMILES string of the molecule is CCn1cc(C(=O)NCC(Cc2ccccc2C)C(=O)O)cn1. The van der Waals surface area contributed by atoms with E-state index in [4.69, 9.17) is 0 Å². The summed E-state index contributed by atoms with van der Waals surface area (Å²) in [7, 11) is 0. The van der Waals surface area contributed by atoms with Crippen LogP contribution in [0.5, 0.6) is 0 Å². The molecule has 2 N–H and O–H groups in total. The quantitative estimate of drug-likeness (QED) is 0.817. The number of benzene rings is 1. The molecule has 2 aromatic rings. The zero-order valence-electron chi connectivity index (χ0n) is 13.3. The Balaban J connectivity index is 1.98. The first kappa shape index (κ1) is 16.7.